The third-order valence-corrected chi connectivity index (χ3v) is 3.85. The van der Waals surface area contributed by atoms with E-state index in [0.717, 1.165) is 4.88 Å². The van der Waals surface area contributed by atoms with E-state index in [1.54, 1.807) is 11.3 Å². The quantitative estimate of drug-likeness (QED) is 0.729. The molecular weight excluding hydrogens is 262 g/mol. The first-order valence-electron chi connectivity index (χ1n) is 6.28. The van der Waals surface area contributed by atoms with Crippen LogP contribution in [0.1, 0.15) is 31.7 Å². The molecule has 1 rings (SSSR count). The molecule has 6 heteroatoms. The summed E-state index contributed by atoms with van der Waals surface area (Å²) in [4.78, 5) is 24.4. The molecule has 0 aliphatic carbocycles. The van der Waals surface area contributed by atoms with E-state index < -0.39 is 6.04 Å². The predicted molar refractivity (Wildman–Crippen MR) is 76.7 cm³/mol. The van der Waals surface area contributed by atoms with Crippen LogP contribution < -0.4 is 16.4 Å². The lowest BCUT2D eigenvalue weighted by atomic mass is 10.1. The lowest BCUT2D eigenvalue weighted by Gasteiger charge is -2.16. The van der Waals surface area contributed by atoms with Gasteiger partial charge in [-0.1, -0.05) is 19.9 Å². The Labute approximate surface area is 117 Å². The number of nitrogens with two attached hydrogens (primary N) is 1. The van der Waals surface area contributed by atoms with Gasteiger partial charge in [0, 0.05) is 4.88 Å². The van der Waals surface area contributed by atoms with Crippen molar-refractivity contribution in [3.63, 3.8) is 0 Å². The second-order valence-corrected chi connectivity index (χ2v) is 5.77. The Morgan fingerprint density at radius 3 is 2.58 bits per heavy atom. The summed E-state index contributed by atoms with van der Waals surface area (Å²) < 4.78 is 0. The average molecular weight is 283 g/mol. The molecule has 0 unspecified atom stereocenters. The number of rotatable bonds is 6. The third kappa shape index (κ3) is 5.00. The van der Waals surface area contributed by atoms with Gasteiger partial charge in [-0.15, -0.1) is 11.3 Å². The van der Waals surface area contributed by atoms with Crippen molar-refractivity contribution >= 4 is 23.2 Å². The number of carbonyl (C=O) groups excluding carboxylic acids is 2. The topological polar surface area (TPSA) is 84.2 Å². The molecule has 5 nitrogen and oxygen atoms in total. The molecule has 1 aromatic rings. The zero-order valence-corrected chi connectivity index (χ0v) is 12.3. The summed E-state index contributed by atoms with van der Waals surface area (Å²) in [6.07, 6.45) is 0. The van der Waals surface area contributed by atoms with Gasteiger partial charge in [0.1, 0.15) is 0 Å². The smallest absolute Gasteiger partial charge is 0.239 e. The van der Waals surface area contributed by atoms with Crippen LogP contribution in [0.2, 0.25) is 0 Å². The first kappa shape index (κ1) is 15.7. The first-order chi connectivity index (χ1) is 8.91. The van der Waals surface area contributed by atoms with Crippen LogP contribution in [-0.2, 0) is 9.59 Å². The minimum absolute atomic E-state index is 0.0467. The molecule has 2 amide bonds. The van der Waals surface area contributed by atoms with Crippen LogP contribution in [0.15, 0.2) is 17.5 Å². The first-order valence-corrected chi connectivity index (χ1v) is 7.15. The van der Waals surface area contributed by atoms with Crippen molar-refractivity contribution in [2.75, 3.05) is 6.54 Å². The van der Waals surface area contributed by atoms with Gasteiger partial charge in [0.15, 0.2) is 0 Å². The van der Waals surface area contributed by atoms with Gasteiger partial charge >= 0.3 is 0 Å². The average Bonchev–Trinajstić information content (AvgIpc) is 2.88. The second kappa shape index (κ2) is 7.25. The Balaban J connectivity index is 2.34. The van der Waals surface area contributed by atoms with E-state index in [2.05, 4.69) is 10.6 Å². The number of carbonyl (C=O) groups is 2. The van der Waals surface area contributed by atoms with Crippen molar-refractivity contribution in [3.05, 3.63) is 22.4 Å². The van der Waals surface area contributed by atoms with E-state index in [4.69, 9.17) is 5.73 Å². The predicted octanol–water partition coefficient (Wildman–Crippen LogP) is 1.02. The van der Waals surface area contributed by atoms with Gasteiger partial charge in [0.05, 0.1) is 18.6 Å². The molecule has 1 heterocycles. The van der Waals surface area contributed by atoms with E-state index in [-0.39, 0.29) is 30.3 Å². The highest BCUT2D eigenvalue weighted by atomic mass is 32.1. The summed E-state index contributed by atoms with van der Waals surface area (Å²) in [6.45, 7) is 5.59. The van der Waals surface area contributed by atoms with Crippen molar-refractivity contribution in [2.24, 2.45) is 11.7 Å². The van der Waals surface area contributed by atoms with Crippen molar-refractivity contribution in [1.29, 1.82) is 0 Å². The van der Waals surface area contributed by atoms with Gasteiger partial charge < -0.3 is 16.4 Å². The standard InChI is InChI=1S/C13H21N3O2S/c1-8(2)12(14)13(18)15-7-11(17)16-9(3)10-5-4-6-19-10/h4-6,8-9,12H,7,14H2,1-3H3,(H,15,18)(H,16,17)/t9-,12-/m0/s1. The van der Waals surface area contributed by atoms with Crippen LogP contribution in [-0.4, -0.2) is 24.4 Å². The molecule has 0 saturated heterocycles. The maximum atomic E-state index is 11.7. The van der Waals surface area contributed by atoms with E-state index in [0.29, 0.717) is 0 Å². The van der Waals surface area contributed by atoms with Crippen molar-refractivity contribution in [1.82, 2.24) is 10.6 Å². The van der Waals surface area contributed by atoms with Gasteiger partial charge in [-0.25, -0.2) is 0 Å². The summed E-state index contributed by atoms with van der Waals surface area (Å²) in [5.74, 6) is -0.466. The number of nitrogens with one attached hydrogen (secondary N) is 2. The maximum absolute atomic E-state index is 11.7. The van der Waals surface area contributed by atoms with Crippen LogP contribution in [0, 0.1) is 5.92 Å². The number of hydrogen-bond acceptors (Lipinski definition) is 4. The molecule has 0 saturated carbocycles. The van der Waals surface area contributed by atoms with Gasteiger partial charge in [-0.3, -0.25) is 9.59 Å². The highest BCUT2D eigenvalue weighted by Crippen LogP contribution is 2.17. The summed E-state index contributed by atoms with van der Waals surface area (Å²) in [6, 6.07) is 3.26. The molecule has 0 spiro atoms. The van der Waals surface area contributed by atoms with Crippen LogP contribution in [0.4, 0.5) is 0 Å². The lowest BCUT2D eigenvalue weighted by Crippen LogP contribution is -2.47. The maximum Gasteiger partial charge on any atom is 0.239 e. The third-order valence-electron chi connectivity index (χ3n) is 2.79. The zero-order valence-electron chi connectivity index (χ0n) is 11.5. The highest BCUT2D eigenvalue weighted by Gasteiger charge is 2.18. The second-order valence-electron chi connectivity index (χ2n) is 4.79. The monoisotopic (exact) mass is 283 g/mol. The van der Waals surface area contributed by atoms with Gasteiger partial charge in [-0.2, -0.15) is 0 Å². The Morgan fingerprint density at radius 1 is 1.37 bits per heavy atom. The normalized spacial score (nSPS) is 13.9. The summed E-state index contributed by atoms with van der Waals surface area (Å²) >= 11 is 1.58. The van der Waals surface area contributed by atoms with Crippen molar-refractivity contribution in [2.45, 2.75) is 32.9 Å². The minimum atomic E-state index is -0.581. The number of hydrogen-bond donors (Lipinski definition) is 3. The molecule has 0 bridgehead atoms. The largest absolute Gasteiger partial charge is 0.347 e. The fourth-order valence-corrected chi connectivity index (χ4v) is 2.22. The Morgan fingerprint density at radius 2 is 2.05 bits per heavy atom. The number of amides is 2. The molecule has 4 N–H and O–H groups in total. The van der Waals surface area contributed by atoms with Crippen molar-refractivity contribution < 1.29 is 9.59 Å². The molecular formula is C13H21N3O2S. The molecule has 0 aliphatic rings. The van der Waals surface area contributed by atoms with Crippen LogP contribution >= 0.6 is 11.3 Å². The fourth-order valence-electron chi connectivity index (χ4n) is 1.49. The SMILES string of the molecule is CC(C)[C@H](N)C(=O)NCC(=O)N[C@@H](C)c1cccs1. The molecule has 106 valence electrons. The van der Waals surface area contributed by atoms with Gasteiger partial charge in [-0.05, 0) is 24.3 Å². The molecule has 19 heavy (non-hydrogen) atoms. The van der Waals surface area contributed by atoms with Crippen LogP contribution in [0.3, 0.4) is 0 Å². The molecule has 0 radical (unpaired) electrons. The number of thiophene rings is 1. The summed E-state index contributed by atoms with van der Waals surface area (Å²) in [5.41, 5.74) is 5.68. The minimum Gasteiger partial charge on any atom is -0.347 e. The molecule has 0 aliphatic heterocycles. The van der Waals surface area contributed by atoms with Crippen LogP contribution in [0.5, 0.6) is 0 Å². The Kier molecular flexibility index (Phi) is 5.98. The lowest BCUT2D eigenvalue weighted by molar-refractivity contribution is -0.127. The Bertz CT molecular complexity index is 418. The molecule has 1 aromatic heterocycles. The zero-order chi connectivity index (χ0) is 14.4. The molecule has 0 fully saturated rings. The van der Waals surface area contributed by atoms with Crippen LogP contribution in [0.25, 0.3) is 0 Å². The van der Waals surface area contributed by atoms with Crippen molar-refractivity contribution in [3.8, 4) is 0 Å². The molecule has 2 atom stereocenters. The van der Waals surface area contributed by atoms with E-state index in [1.807, 2.05) is 38.3 Å². The van der Waals surface area contributed by atoms with Gasteiger partial charge in [0.2, 0.25) is 11.8 Å². The summed E-state index contributed by atoms with van der Waals surface area (Å²) in [7, 11) is 0. The summed E-state index contributed by atoms with van der Waals surface area (Å²) in [5, 5.41) is 7.32. The highest BCUT2D eigenvalue weighted by molar-refractivity contribution is 7.10. The van der Waals surface area contributed by atoms with Gasteiger partial charge in [0.25, 0.3) is 0 Å². The fraction of sp³-hybridized carbons (Fsp3) is 0.538. The van der Waals surface area contributed by atoms with E-state index >= 15 is 0 Å². The molecule has 0 aromatic carbocycles. The van der Waals surface area contributed by atoms with E-state index in [9.17, 15) is 9.59 Å². The Hall–Kier alpha value is -1.40. The van der Waals surface area contributed by atoms with E-state index in [1.165, 1.54) is 0 Å².